The second-order valence-electron chi connectivity index (χ2n) is 4.03. The Bertz CT molecular complexity index is 745. The summed E-state index contributed by atoms with van der Waals surface area (Å²) < 4.78 is 12.6. The topological polar surface area (TPSA) is 80.9 Å². The molecular weight excluding hydrogens is 354 g/mol. The summed E-state index contributed by atoms with van der Waals surface area (Å²) >= 11 is 16.5. The van der Waals surface area contributed by atoms with Crippen LogP contribution in [0, 0.1) is 5.82 Å². The fraction of sp³-hybridized carbons (Fsp3) is 0. The zero-order valence-electron chi connectivity index (χ0n) is 10.8. The molecule has 0 aliphatic heterocycles. The maximum Gasteiger partial charge on any atom is 0.270 e. The Kier molecular flexibility index (Phi) is 5.18. The molecule has 5 nitrogen and oxygen atoms in total. The second-order valence-corrected chi connectivity index (χ2v) is 5.36. The molecule has 0 saturated carbocycles. The van der Waals surface area contributed by atoms with Gasteiger partial charge in [0.1, 0.15) is 21.2 Å². The van der Waals surface area contributed by atoms with Crippen LogP contribution in [-0.4, -0.2) is 15.9 Å². The van der Waals surface area contributed by atoms with Gasteiger partial charge >= 0.3 is 0 Å². The van der Waals surface area contributed by atoms with Crippen molar-refractivity contribution in [3.63, 3.8) is 0 Å². The molecule has 1 aromatic carbocycles. The third-order valence-electron chi connectivity index (χ3n) is 2.49. The van der Waals surface area contributed by atoms with Crippen LogP contribution in [-0.2, 0) is 4.79 Å². The number of carbonyl (C=O) groups excluding carboxylic acids is 1. The number of nitrogens with zero attached hydrogens (tertiary/aromatic N) is 2. The van der Waals surface area contributed by atoms with Gasteiger partial charge in [0.2, 0.25) is 5.95 Å². The van der Waals surface area contributed by atoms with Crippen molar-refractivity contribution in [2.75, 3.05) is 11.1 Å². The van der Waals surface area contributed by atoms with Gasteiger partial charge in [0.25, 0.3) is 5.91 Å². The van der Waals surface area contributed by atoms with Gasteiger partial charge < -0.3 is 11.1 Å². The average Bonchev–Trinajstić information content (AvgIpc) is 2.46. The van der Waals surface area contributed by atoms with Crippen LogP contribution in [0.2, 0.25) is 0 Å². The lowest BCUT2D eigenvalue weighted by Crippen LogP contribution is -2.14. The summed E-state index contributed by atoms with van der Waals surface area (Å²) in [6.45, 7) is 0. The fourth-order valence-corrected chi connectivity index (χ4v) is 1.77. The van der Waals surface area contributed by atoms with Crippen molar-refractivity contribution in [2.24, 2.45) is 0 Å². The molecule has 2 aromatic rings. The molecule has 114 valence electrons. The van der Waals surface area contributed by atoms with Gasteiger partial charge in [0.15, 0.2) is 0 Å². The zero-order chi connectivity index (χ0) is 16.3. The lowest BCUT2D eigenvalue weighted by molar-refractivity contribution is -0.112. The highest BCUT2D eigenvalue weighted by Gasteiger charge is 2.13. The number of nitrogens with one attached hydrogen (secondary N) is 1. The summed E-state index contributed by atoms with van der Waals surface area (Å²) in [7, 11) is 0. The van der Waals surface area contributed by atoms with E-state index in [2.05, 4.69) is 15.3 Å². The first-order valence-electron chi connectivity index (χ1n) is 5.79. The monoisotopic (exact) mass is 360 g/mol. The van der Waals surface area contributed by atoms with E-state index in [9.17, 15) is 9.18 Å². The van der Waals surface area contributed by atoms with E-state index in [1.807, 2.05) is 0 Å². The Balaban J connectivity index is 2.33. The van der Waals surface area contributed by atoms with Crippen molar-refractivity contribution < 1.29 is 9.18 Å². The van der Waals surface area contributed by atoms with Gasteiger partial charge in [0.05, 0.1) is 5.69 Å². The van der Waals surface area contributed by atoms with E-state index in [0.29, 0.717) is 11.3 Å². The lowest BCUT2D eigenvalue weighted by atomic mass is 10.1. The highest BCUT2D eigenvalue weighted by Crippen LogP contribution is 2.23. The van der Waals surface area contributed by atoms with Crippen LogP contribution in [0.1, 0.15) is 0 Å². The first-order valence-corrected chi connectivity index (χ1v) is 6.93. The number of hydrogen-bond donors (Lipinski definition) is 2. The first-order chi connectivity index (χ1) is 10.4. The van der Waals surface area contributed by atoms with E-state index >= 15 is 0 Å². The molecule has 1 amide bonds. The maximum absolute atomic E-state index is 12.9. The molecule has 0 atom stereocenters. The standard InChI is InChI=1S/C13H8Cl3FN4O/c14-10(11(15)16)12(22)20-9-5-8(19-13(18)21-9)6-1-3-7(17)4-2-6/h1-5H,(H3,18,19,20,21,22). The highest BCUT2D eigenvalue weighted by molar-refractivity contribution is 6.63. The van der Waals surface area contributed by atoms with Crippen molar-refractivity contribution in [3.05, 3.63) is 45.7 Å². The molecule has 2 rings (SSSR count). The highest BCUT2D eigenvalue weighted by atomic mass is 35.5. The van der Waals surface area contributed by atoms with Gasteiger partial charge in [-0.1, -0.05) is 34.8 Å². The minimum Gasteiger partial charge on any atom is -0.368 e. The van der Waals surface area contributed by atoms with Crippen molar-refractivity contribution in [1.82, 2.24) is 9.97 Å². The molecule has 3 N–H and O–H groups in total. The first kappa shape index (κ1) is 16.5. The van der Waals surface area contributed by atoms with E-state index in [0.717, 1.165) is 0 Å². The predicted octanol–water partition coefficient (Wildman–Crippen LogP) is 3.69. The van der Waals surface area contributed by atoms with Gasteiger partial charge in [-0.15, -0.1) is 0 Å². The molecule has 1 aromatic heterocycles. The Hall–Kier alpha value is -1.89. The number of aromatic nitrogens is 2. The van der Waals surface area contributed by atoms with Crippen LogP contribution in [0.25, 0.3) is 11.3 Å². The molecule has 0 bridgehead atoms. The smallest absolute Gasteiger partial charge is 0.270 e. The van der Waals surface area contributed by atoms with Crippen molar-refractivity contribution in [1.29, 1.82) is 0 Å². The zero-order valence-corrected chi connectivity index (χ0v) is 13.0. The van der Waals surface area contributed by atoms with Crippen LogP contribution in [0.15, 0.2) is 39.9 Å². The number of rotatable bonds is 3. The number of carbonyl (C=O) groups is 1. The number of halogens is 4. The van der Waals surface area contributed by atoms with Gasteiger partial charge in [-0.2, -0.15) is 4.98 Å². The molecule has 0 aliphatic carbocycles. The number of nitrogen functional groups attached to an aromatic ring is 1. The summed E-state index contributed by atoms with van der Waals surface area (Å²) in [4.78, 5) is 19.6. The Morgan fingerprint density at radius 2 is 1.77 bits per heavy atom. The summed E-state index contributed by atoms with van der Waals surface area (Å²) in [5, 5.41) is 2.00. The molecular formula is C13H8Cl3FN4O. The summed E-state index contributed by atoms with van der Waals surface area (Å²) in [5.41, 5.74) is 6.60. The average molecular weight is 362 g/mol. The van der Waals surface area contributed by atoms with Crippen LogP contribution < -0.4 is 11.1 Å². The lowest BCUT2D eigenvalue weighted by Gasteiger charge is -2.07. The van der Waals surface area contributed by atoms with E-state index in [1.54, 1.807) is 0 Å². The molecule has 1 heterocycles. The normalized spacial score (nSPS) is 10.2. The Morgan fingerprint density at radius 3 is 2.36 bits per heavy atom. The summed E-state index contributed by atoms with van der Waals surface area (Å²) in [6.07, 6.45) is 0. The van der Waals surface area contributed by atoms with Crippen LogP contribution in [0.5, 0.6) is 0 Å². The van der Waals surface area contributed by atoms with E-state index in [1.165, 1.54) is 30.3 Å². The maximum atomic E-state index is 12.9. The molecule has 0 radical (unpaired) electrons. The second kappa shape index (κ2) is 6.91. The molecule has 0 fully saturated rings. The predicted molar refractivity (Wildman–Crippen MR) is 85.1 cm³/mol. The third kappa shape index (κ3) is 4.07. The minimum atomic E-state index is -0.746. The molecule has 0 saturated heterocycles. The largest absolute Gasteiger partial charge is 0.368 e. The van der Waals surface area contributed by atoms with E-state index in [-0.39, 0.29) is 27.1 Å². The summed E-state index contributed by atoms with van der Waals surface area (Å²) in [6, 6.07) is 7.04. The minimum absolute atomic E-state index is 0.0748. The van der Waals surface area contributed by atoms with Crippen LogP contribution in [0.3, 0.4) is 0 Å². The van der Waals surface area contributed by atoms with E-state index < -0.39 is 5.91 Å². The molecule has 0 spiro atoms. The quantitative estimate of drug-likeness (QED) is 0.817. The SMILES string of the molecule is Nc1nc(NC(=O)C(Cl)=C(Cl)Cl)cc(-c2ccc(F)cc2)n1. The van der Waals surface area contributed by atoms with Crippen molar-refractivity contribution in [2.45, 2.75) is 0 Å². The fourth-order valence-electron chi connectivity index (χ4n) is 1.56. The van der Waals surface area contributed by atoms with Crippen molar-refractivity contribution in [3.8, 4) is 11.3 Å². The number of anilines is 2. The van der Waals surface area contributed by atoms with Gasteiger partial charge in [0, 0.05) is 11.6 Å². The number of hydrogen-bond acceptors (Lipinski definition) is 4. The Morgan fingerprint density at radius 1 is 1.14 bits per heavy atom. The molecule has 0 unspecified atom stereocenters. The molecule has 0 aliphatic rings. The van der Waals surface area contributed by atoms with Gasteiger partial charge in [-0.3, -0.25) is 4.79 Å². The number of benzene rings is 1. The molecule has 22 heavy (non-hydrogen) atoms. The Labute approximate surface area is 139 Å². The third-order valence-corrected chi connectivity index (χ3v) is 3.42. The van der Waals surface area contributed by atoms with Gasteiger partial charge in [-0.05, 0) is 24.3 Å². The number of amides is 1. The van der Waals surface area contributed by atoms with Crippen LogP contribution in [0.4, 0.5) is 16.2 Å². The summed E-state index contributed by atoms with van der Waals surface area (Å²) in [5.74, 6) is -1.10. The van der Waals surface area contributed by atoms with Crippen molar-refractivity contribution >= 4 is 52.5 Å². The van der Waals surface area contributed by atoms with Crippen LogP contribution >= 0.6 is 34.8 Å². The van der Waals surface area contributed by atoms with Gasteiger partial charge in [-0.25, -0.2) is 9.37 Å². The molecule has 9 heteroatoms. The number of nitrogens with two attached hydrogens (primary N) is 1. The van der Waals surface area contributed by atoms with E-state index in [4.69, 9.17) is 40.5 Å².